The lowest BCUT2D eigenvalue weighted by atomic mass is 10.1. The van der Waals surface area contributed by atoms with Gasteiger partial charge in [0.25, 0.3) is 5.91 Å². The van der Waals surface area contributed by atoms with E-state index in [1.165, 1.54) is 4.90 Å². The first-order valence-electron chi connectivity index (χ1n) is 5.03. The van der Waals surface area contributed by atoms with E-state index < -0.39 is 0 Å². The van der Waals surface area contributed by atoms with Crippen LogP contribution in [0, 0.1) is 0 Å². The molecule has 0 atom stereocenters. The fourth-order valence-electron chi connectivity index (χ4n) is 1.23. The van der Waals surface area contributed by atoms with Gasteiger partial charge in [-0.3, -0.25) is 4.79 Å². The average Bonchev–Trinajstić information content (AvgIpc) is 2.17. The van der Waals surface area contributed by atoms with Gasteiger partial charge in [0.1, 0.15) is 0 Å². The van der Waals surface area contributed by atoms with E-state index in [1.807, 2.05) is 26.2 Å². The Morgan fingerprint density at radius 2 is 2.07 bits per heavy atom. The summed E-state index contributed by atoms with van der Waals surface area (Å²) in [5, 5.41) is 2.83. The third kappa shape index (κ3) is 3.59. The summed E-state index contributed by atoms with van der Waals surface area (Å²) in [4.78, 5) is 12.9. The fourth-order valence-corrected chi connectivity index (χ4v) is 1.23. The van der Waals surface area contributed by atoms with Crippen molar-refractivity contribution in [3.8, 4) is 0 Å². The number of nitrogens with two attached hydrogens (primary N) is 1. The van der Waals surface area contributed by atoms with Gasteiger partial charge in [-0.2, -0.15) is 0 Å². The van der Waals surface area contributed by atoms with Crippen molar-refractivity contribution in [3.05, 3.63) is 29.8 Å². The van der Waals surface area contributed by atoms with Crippen molar-refractivity contribution < 1.29 is 9.69 Å². The molecule has 1 aromatic carbocycles. The van der Waals surface area contributed by atoms with Gasteiger partial charge in [-0.15, -0.1) is 0 Å². The van der Waals surface area contributed by atoms with Crippen molar-refractivity contribution in [2.24, 2.45) is 0 Å². The molecule has 0 radical (unpaired) electrons. The Bertz CT molecular complexity index is 336. The van der Waals surface area contributed by atoms with Gasteiger partial charge in [0.2, 0.25) is 0 Å². The molecule has 0 aliphatic carbocycles. The summed E-state index contributed by atoms with van der Waals surface area (Å²) in [5.41, 5.74) is 6.75. The molecule has 0 saturated carbocycles. The lowest BCUT2D eigenvalue weighted by Crippen LogP contribution is -3.06. The third-order valence-corrected chi connectivity index (χ3v) is 2.12. The van der Waals surface area contributed by atoms with Gasteiger partial charge in [0.05, 0.1) is 32.7 Å². The molecule has 0 fully saturated rings. The lowest BCUT2D eigenvalue weighted by Gasteiger charge is -2.09. The minimum atomic E-state index is -0.102. The van der Waals surface area contributed by atoms with E-state index in [0.29, 0.717) is 17.8 Å². The topological polar surface area (TPSA) is 59.6 Å². The van der Waals surface area contributed by atoms with Crippen molar-refractivity contribution in [2.75, 3.05) is 32.9 Å². The smallest absolute Gasteiger partial charge is 0.253 e. The number of quaternary nitrogens is 1. The highest BCUT2D eigenvalue weighted by Gasteiger charge is 2.07. The predicted octanol–water partition coefficient (Wildman–Crippen LogP) is -0.857. The molecule has 1 rings (SSSR count). The Labute approximate surface area is 90.1 Å². The Morgan fingerprint density at radius 3 is 2.67 bits per heavy atom. The molecule has 15 heavy (non-hydrogen) atoms. The van der Waals surface area contributed by atoms with Gasteiger partial charge >= 0.3 is 0 Å². The van der Waals surface area contributed by atoms with Crippen molar-refractivity contribution >= 4 is 11.6 Å². The normalized spacial score (nSPS) is 10.3. The molecular formula is C11H18N3O+. The molecule has 0 spiro atoms. The molecule has 0 bridgehead atoms. The average molecular weight is 208 g/mol. The largest absolute Gasteiger partial charge is 0.398 e. The first-order chi connectivity index (χ1) is 7.11. The van der Waals surface area contributed by atoms with Crippen LogP contribution in [-0.2, 0) is 0 Å². The minimum Gasteiger partial charge on any atom is -0.398 e. The Kier molecular flexibility index (Phi) is 4.12. The molecule has 4 heteroatoms. The second kappa shape index (κ2) is 5.36. The first-order valence-corrected chi connectivity index (χ1v) is 5.03. The first kappa shape index (κ1) is 11.5. The Balaban J connectivity index is 2.51. The number of rotatable bonds is 4. The second-order valence-corrected chi connectivity index (χ2v) is 3.80. The van der Waals surface area contributed by atoms with E-state index in [9.17, 15) is 4.79 Å². The molecule has 0 heterocycles. The van der Waals surface area contributed by atoms with E-state index in [2.05, 4.69) is 5.32 Å². The van der Waals surface area contributed by atoms with Crippen LogP contribution < -0.4 is 16.0 Å². The monoisotopic (exact) mass is 208 g/mol. The highest BCUT2D eigenvalue weighted by atomic mass is 16.1. The van der Waals surface area contributed by atoms with Gasteiger partial charge in [-0.05, 0) is 12.1 Å². The van der Waals surface area contributed by atoms with Gasteiger partial charge in [0, 0.05) is 5.69 Å². The van der Waals surface area contributed by atoms with E-state index in [-0.39, 0.29) is 5.91 Å². The highest BCUT2D eigenvalue weighted by molar-refractivity contribution is 5.98. The number of carbonyl (C=O) groups is 1. The number of nitrogens with one attached hydrogen (secondary N) is 2. The predicted molar refractivity (Wildman–Crippen MR) is 60.9 cm³/mol. The van der Waals surface area contributed by atoms with Gasteiger partial charge < -0.3 is 16.0 Å². The number of hydrogen-bond donors (Lipinski definition) is 3. The molecule has 0 aliphatic rings. The summed E-state index contributed by atoms with van der Waals surface area (Å²) >= 11 is 0. The van der Waals surface area contributed by atoms with Crippen molar-refractivity contribution in [1.82, 2.24) is 5.32 Å². The maximum atomic E-state index is 11.6. The third-order valence-electron chi connectivity index (χ3n) is 2.12. The van der Waals surface area contributed by atoms with Crippen molar-refractivity contribution in [3.63, 3.8) is 0 Å². The number of para-hydroxylation sites is 1. The molecule has 0 aromatic heterocycles. The van der Waals surface area contributed by atoms with Crippen molar-refractivity contribution in [1.29, 1.82) is 0 Å². The van der Waals surface area contributed by atoms with Gasteiger partial charge in [-0.1, -0.05) is 12.1 Å². The maximum Gasteiger partial charge on any atom is 0.253 e. The van der Waals surface area contributed by atoms with Crippen LogP contribution in [0.3, 0.4) is 0 Å². The van der Waals surface area contributed by atoms with Crippen LogP contribution in [0.2, 0.25) is 0 Å². The van der Waals surface area contributed by atoms with Crippen LogP contribution in [-0.4, -0.2) is 33.1 Å². The van der Waals surface area contributed by atoms with Crippen LogP contribution in [0.15, 0.2) is 24.3 Å². The van der Waals surface area contributed by atoms with Crippen LogP contribution in [0.5, 0.6) is 0 Å². The number of amides is 1. The van der Waals surface area contributed by atoms with E-state index in [0.717, 1.165) is 6.54 Å². The highest BCUT2D eigenvalue weighted by Crippen LogP contribution is 2.09. The Hall–Kier alpha value is -1.55. The standard InChI is InChI=1S/C11H17N3O/c1-14(2)8-7-13-11(15)9-5-3-4-6-10(9)12/h3-6H,7-8,12H2,1-2H3,(H,13,15)/p+1. The fraction of sp³-hybridized carbons (Fsp3) is 0.364. The summed E-state index contributed by atoms with van der Waals surface area (Å²) in [6.45, 7) is 1.56. The summed E-state index contributed by atoms with van der Waals surface area (Å²) in [6.07, 6.45) is 0. The van der Waals surface area contributed by atoms with Crippen LogP contribution in [0.25, 0.3) is 0 Å². The number of likely N-dealkylation sites (N-methyl/N-ethyl adjacent to an activating group) is 1. The number of anilines is 1. The molecule has 0 saturated heterocycles. The van der Waals surface area contributed by atoms with Gasteiger partial charge in [0.15, 0.2) is 0 Å². The molecule has 4 nitrogen and oxygen atoms in total. The summed E-state index contributed by atoms with van der Waals surface area (Å²) < 4.78 is 0. The summed E-state index contributed by atoms with van der Waals surface area (Å²) in [7, 11) is 4.09. The molecule has 4 N–H and O–H groups in total. The Morgan fingerprint density at radius 1 is 1.40 bits per heavy atom. The zero-order valence-corrected chi connectivity index (χ0v) is 9.21. The van der Waals surface area contributed by atoms with E-state index in [1.54, 1.807) is 12.1 Å². The lowest BCUT2D eigenvalue weighted by molar-refractivity contribution is -0.856. The van der Waals surface area contributed by atoms with Crippen LogP contribution in [0.4, 0.5) is 5.69 Å². The summed E-state index contributed by atoms with van der Waals surface area (Å²) in [5.74, 6) is -0.102. The van der Waals surface area contributed by atoms with Crippen LogP contribution >= 0.6 is 0 Å². The molecular weight excluding hydrogens is 190 g/mol. The molecule has 0 aliphatic heterocycles. The number of carbonyl (C=O) groups excluding carboxylic acids is 1. The van der Waals surface area contributed by atoms with Crippen LogP contribution in [0.1, 0.15) is 10.4 Å². The SMILES string of the molecule is C[NH+](C)CCNC(=O)c1ccccc1N. The quantitative estimate of drug-likeness (QED) is 0.564. The number of nitrogen functional groups attached to an aromatic ring is 1. The molecule has 1 amide bonds. The summed E-state index contributed by atoms with van der Waals surface area (Å²) in [6, 6.07) is 7.08. The molecule has 1 aromatic rings. The second-order valence-electron chi connectivity index (χ2n) is 3.80. The number of hydrogen-bond acceptors (Lipinski definition) is 2. The number of benzene rings is 1. The van der Waals surface area contributed by atoms with Gasteiger partial charge in [-0.25, -0.2) is 0 Å². The minimum absolute atomic E-state index is 0.102. The van der Waals surface area contributed by atoms with E-state index in [4.69, 9.17) is 5.73 Å². The zero-order valence-electron chi connectivity index (χ0n) is 9.21. The molecule has 0 unspecified atom stereocenters. The van der Waals surface area contributed by atoms with Crippen molar-refractivity contribution in [2.45, 2.75) is 0 Å². The molecule has 82 valence electrons. The zero-order chi connectivity index (χ0) is 11.3. The maximum absolute atomic E-state index is 11.6. The van der Waals surface area contributed by atoms with E-state index >= 15 is 0 Å².